The van der Waals surface area contributed by atoms with E-state index >= 15 is 0 Å². The van der Waals surface area contributed by atoms with Crippen molar-refractivity contribution in [2.24, 2.45) is 0 Å². The summed E-state index contributed by atoms with van der Waals surface area (Å²) in [5.41, 5.74) is -5.71. The van der Waals surface area contributed by atoms with Gasteiger partial charge in [0.1, 0.15) is 0 Å². The van der Waals surface area contributed by atoms with E-state index in [9.17, 15) is 46.8 Å². The molecule has 0 aliphatic carbocycles. The van der Waals surface area contributed by atoms with Crippen LogP contribution in [0.5, 0.6) is 0 Å². The van der Waals surface area contributed by atoms with E-state index in [0.29, 0.717) is 51.6 Å². The summed E-state index contributed by atoms with van der Waals surface area (Å²) in [6, 6.07) is 38.2. The van der Waals surface area contributed by atoms with Gasteiger partial charge in [-0.25, -0.2) is 38.0 Å². The van der Waals surface area contributed by atoms with Crippen LogP contribution >= 0.6 is 0 Å². The first-order valence-electron chi connectivity index (χ1n) is 22.9. The third-order valence-corrected chi connectivity index (χ3v) is 26.4. The van der Waals surface area contributed by atoms with Gasteiger partial charge in [-0.15, -0.1) is 0 Å². The molecular weight excluding hydrogens is 1220 g/mol. The lowest BCUT2D eigenvalue weighted by molar-refractivity contribution is -0.597. The molecule has 0 aliphatic heterocycles. The van der Waals surface area contributed by atoms with Crippen molar-refractivity contribution in [3.63, 3.8) is 0 Å². The fraction of sp³-hybridized carbons (Fsp3) is 0.500. The predicted octanol–water partition coefficient (Wildman–Crippen LogP) is 4.71. The molecule has 4 aromatic carbocycles. The average molecular weight is 1290 g/mol. The second-order valence-corrected chi connectivity index (χ2v) is 31.6. The Kier molecular flexibility index (Phi) is 31.0. The Bertz CT molecular complexity index is 2330. The van der Waals surface area contributed by atoms with E-state index in [0.717, 1.165) is 42.1 Å². The monoisotopic (exact) mass is 1290 g/mol. The van der Waals surface area contributed by atoms with Crippen LogP contribution in [0.15, 0.2) is 120 Å². The number of rotatable bonds is 29. The first-order valence-corrected chi connectivity index (χ1v) is 34.1. The molecule has 69 heavy (non-hydrogen) atoms. The van der Waals surface area contributed by atoms with Crippen LogP contribution in [0, 0.1) is 14.3 Å². The van der Waals surface area contributed by atoms with E-state index in [1.165, 1.54) is 21.9 Å². The molecule has 4 aromatic rings. The zero-order valence-corrected chi connectivity index (χ0v) is 48.3. The molecule has 0 aliphatic rings. The van der Waals surface area contributed by atoms with Gasteiger partial charge < -0.3 is 0 Å². The third kappa shape index (κ3) is 22.9. The standard InChI is InChI=1S/C22H31INO4S2.C14H27F3O6S3.C12H10I/c1-4-6-17-24(18-7-5-2)30(27,28)19(3)29(25,26)22-15-13-21(14-16-22)23-20-11-9-8-10-12-20;1-3-5-7-9-11-22-24(18)13(26(20,21)14(15,16)17)25(19)23-12-10-8-6-4-2;1-3-7-11(8-4-1)13-12-9-5-2-6-10-12/h8-16,19H,4-7,17-18H2,1-3H3;13H,3-12H2,1-2H3;1-10H/q+1;;+1. The Balaban J connectivity index is 0.000000379. The molecule has 0 aromatic heterocycles. The first kappa shape index (κ1) is 63.3. The fourth-order valence-corrected chi connectivity index (χ4v) is 18.8. The van der Waals surface area contributed by atoms with E-state index in [2.05, 4.69) is 72.8 Å². The molecule has 0 saturated carbocycles. The molecule has 0 amide bonds. The largest absolute Gasteiger partial charge is 0.499 e. The lowest BCUT2D eigenvalue weighted by atomic mass is 10.2. The molecule has 0 saturated heterocycles. The molecule has 0 spiro atoms. The van der Waals surface area contributed by atoms with Gasteiger partial charge in [0.05, 0.1) is 18.1 Å². The number of nitrogens with zero attached hydrogens (tertiary/aromatic N) is 1. The molecular formula is C48H68F3I2NO10S5+2. The molecule has 21 heteroatoms. The van der Waals surface area contributed by atoms with Crippen molar-refractivity contribution in [3.8, 4) is 0 Å². The smallest absolute Gasteiger partial charge is 0.289 e. The third-order valence-electron chi connectivity index (χ3n) is 9.80. The van der Waals surface area contributed by atoms with Crippen LogP contribution in [0.2, 0.25) is 0 Å². The van der Waals surface area contributed by atoms with Crippen molar-refractivity contribution >= 4 is 51.9 Å². The number of unbranched alkanes of at least 4 members (excludes halogenated alkanes) is 8. The molecule has 3 unspecified atom stereocenters. The van der Waals surface area contributed by atoms with Crippen LogP contribution in [0.1, 0.15) is 112 Å². The van der Waals surface area contributed by atoms with Gasteiger partial charge in [0.25, 0.3) is 13.8 Å². The van der Waals surface area contributed by atoms with Crippen LogP contribution < -0.4 is 42.4 Å². The van der Waals surface area contributed by atoms with E-state index in [4.69, 9.17) is 8.37 Å². The topological polar surface area (TPSA) is 158 Å². The van der Waals surface area contributed by atoms with Gasteiger partial charge in [0.2, 0.25) is 10.0 Å². The molecule has 0 fully saturated rings. The SMILES string of the molecule is CCCCCCOS(=O)C(S(=O)OCCCCCC)S(=O)(=O)C(F)(F)F.CCCCN(CCCC)S(=O)(=O)C(C)S(=O)(=O)c1ccc([I+]c2ccccc2)cc1.c1ccc([I+]c2ccccc2)cc1. The minimum absolute atomic E-state index is 0.0287. The maximum Gasteiger partial charge on any atom is 0.499 e. The van der Waals surface area contributed by atoms with Gasteiger partial charge in [-0.2, -0.15) is 13.2 Å². The molecule has 0 N–H and O–H groups in total. The summed E-state index contributed by atoms with van der Waals surface area (Å²) < 4.78 is 150. The lowest BCUT2D eigenvalue weighted by Gasteiger charge is -2.25. The van der Waals surface area contributed by atoms with Gasteiger partial charge in [-0.3, -0.25) is 8.37 Å². The van der Waals surface area contributed by atoms with Crippen LogP contribution in [-0.4, -0.2) is 78.3 Å². The van der Waals surface area contributed by atoms with Gasteiger partial charge in [0, 0.05) is 13.1 Å². The van der Waals surface area contributed by atoms with Crippen LogP contribution in [-0.2, 0) is 60.2 Å². The zero-order chi connectivity index (χ0) is 51.4. The molecule has 3 atom stereocenters. The summed E-state index contributed by atoms with van der Waals surface area (Å²) in [5, 5.41) is 0. The fourth-order valence-electron chi connectivity index (χ4n) is 5.80. The maximum atomic E-state index is 13.1. The molecule has 0 bridgehead atoms. The number of hydrogen-bond donors (Lipinski definition) is 0. The minimum Gasteiger partial charge on any atom is -0.289 e. The van der Waals surface area contributed by atoms with Crippen molar-refractivity contribution in [2.45, 2.75) is 131 Å². The number of benzene rings is 4. The average Bonchev–Trinajstić information content (AvgIpc) is 3.32. The number of sulfone groups is 2. The summed E-state index contributed by atoms with van der Waals surface area (Å²) in [6.45, 7) is 9.51. The van der Waals surface area contributed by atoms with E-state index in [1.807, 2.05) is 45.9 Å². The first-order chi connectivity index (χ1) is 32.8. The van der Waals surface area contributed by atoms with Crippen molar-refractivity contribution in [1.29, 1.82) is 0 Å². The Morgan fingerprint density at radius 1 is 0.522 bits per heavy atom. The predicted molar refractivity (Wildman–Crippen MR) is 263 cm³/mol. The van der Waals surface area contributed by atoms with E-state index < -0.39 is 87.1 Å². The highest BCUT2D eigenvalue weighted by Gasteiger charge is 2.57. The number of hydrogen-bond acceptors (Lipinski definition) is 10. The van der Waals surface area contributed by atoms with E-state index in [-0.39, 0.29) is 39.3 Å². The summed E-state index contributed by atoms with van der Waals surface area (Å²) in [4.78, 5) is 0.0605. The highest BCUT2D eigenvalue weighted by molar-refractivity contribution is 8.18. The number of sulfonamides is 1. The van der Waals surface area contributed by atoms with Gasteiger partial charge in [-0.1, -0.05) is 134 Å². The van der Waals surface area contributed by atoms with Crippen molar-refractivity contribution in [2.75, 3.05) is 26.3 Å². The molecule has 0 radical (unpaired) electrons. The molecule has 11 nitrogen and oxygen atoms in total. The lowest BCUT2D eigenvalue weighted by Crippen LogP contribution is -3.61. The quantitative estimate of drug-likeness (QED) is 0.0552. The minimum atomic E-state index is -5.98. The van der Waals surface area contributed by atoms with Crippen LogP contribution in [0.3, 0.4) is 0 Å². The Morgan fingerprint density at radius 3 is 1.20 bits per heavy atom. The van der Waals surface area contributed by atoms with Crippen LogP contribution in [0.4, 0.5) is 13.2 Å². The maximum absolute atomic E-state index is 13.1. The molecule has 4 rings (SSSR count). The Hall–Kier alpha value is -1.84. The Labute approximate surface area is 436 Å². The Morgan fingerprint density at radius 2 is 0.870 bits per heavy atom. The number of halogens is 5. The summed E-state index contributed by atoms with van der Waals surface area (Å²) in [7, 11) is -13.9. The van der Waals surface area contributed by atoms with Gasteiger partial charge in [-0.05, 0) is 93.3 Å². The van der Waals surface area contributed by atoms with Gasteiger partial charge >= 0.3 is 47.9 Å². The summed E-state index contributed by atoms with van der Waals surface area (Å²) in [5.74, 6) is 0. The number of alkyl halides is 3. The zero-order valence-electron chi connectivity index (χ0n) is 39.9. The second-order valence-electron chi connectivity index (χ2n) is 15.4. The van der Waals surface area contributed by atoms with Crippen molar-refractivity contribution < 1.29 is 97.6 Å². The van der Waals surface area contributed by atoms with Crippen molar-refractivity contribution in [1.82, 2.24) is 4.31 Å². The van der Waals surface area contributed by atoms with Gasteiger partial charge in [0.15, 0.2) is 50.9 Å². The normalized spacial score (nSPS) is 13.9. The molecule has 0 heterocycles. The highest BCUT2D eigenvalue weighted by Crippen LogP contribution is 2.31. The second kappa shape index (κ2) is 33.8. The highest BCUT2D eigenvalue weighted by atomic mass is 127. The molecule has 388 valence electrons. The summed E-state index contributed by atoms with van der Waals surface area (Å²) >= 11 is -6.28. The van der Waals surface area contributed by atoms with E-state index in [1.54, 1.807) is 24.3 Å². The van der Waals surface area contributed by atoms with Crippen LogP contribution in [0.25, 0.3) is 0 Å². The summed E-state index contributed by atoms with van der Waals surface area (Å²) in [6.07, 6.45) is 8.86. The van der Waals surface area contributed by atoms with Crippen molar-refractivity contribution in [3.05, 3.63) is 130 Å².